The van der Waals surface area contributed by atoms with Crippen molar-refractivity contribution in [2.45, 2.75) is 20.0 Å². The predicted octanol–water partition coefficient (Wildman–Crippen LogP) is 4.29. The summed E-state index contributed by atoms with van der Waals surface area (Å²) in [4.78, 5) is 40.3. The molecule has 3 aromatic carbocycles. The zero-order valence-electron chi connectivity index (χ0n) is 19.6. The van der Waals surface area contributed by atoms with Crippen LogP contribution in [0.3, 0.4) is 0 Å². The van der Waals surface area contributed by atoms with Gasteiger partial charge in [-0.05, 0) is 54.4 Å². The van der Waals surface area contributed by atoms with Crippen LogP contribution in [-0.4, -0.2) is 21.8 Å². The van der Waals surface area contributed by atoms with E-state index in [4.69, 9.17) is 25.5 Å². The normalized spacial score (nSPS) is 12.4. The average Bonchev–Trinajstić information content (AvgIpc) is 3.51. The minimum atomic E-state index is -0.639. The van der Waals surface area contributed by atoms with E-state index >= 15 is 0 Å². The first-order chi connectivity index (χ1) is 17.9. The Morgan fingerprint density at radius 3 is 2.68 bits per heavy atom. The van der Waals surface area contributed by atoms with Crippen molar-refractivity contribution in [3.05, 3.63) is 97.7 Å². The minimum absolute atomic E-state index is 0.00622. The van der Waals surface area contributed by atoms with E-state index in [-0.39, 0.29) is 31.0 Å². The number of carbonyl (C=O) groups excluding carboxylic acids is 1. The number of fused-ring (bicyclic) bond motifs is 4. The number of nitrogens with one attached hydrogen (secondary N) is 1. The third-order valence-electron chi connectivity index (χ3n) is 6.29. The van der Waals surface area contributed by atoms with Gasteiger partial charge in [0, 0.05) is 16.1 Å². The number of hydrogen-bond donors (Lipinski definition) is 1. The van der Waals surface area contributed by atoms with Gasteiger partial charge in [-0.1, -0.05) is 35.9 Å². The van der Waals surface area contributed by atoms with E-state index in [0.29, 0.717) is 38.7 Å². The van der Waals surface area contributed by atoms with Crippen LogP contribution in [0.2, 0.25) is 5.02 Å². The molecule has 1 aliphatic rings. The molecule has 0 bridgehead atoms. The molecular formula is C27H20ClN3O6. The molecule has 186 valence electrons. The van der Waals surface area contributed by atoms with E-state index in [1.165, 1.54) is 4.57 Å². The number of hydrogen-bond acceptors (Lipinski definition) is 6. The Kier molecular flexibility index (Phi) is 5.49. The summed E-state index contributed by atoms with van der Waals surface area (Å²) in [5, 5.41) is 3.85. The van der Waals surface area contributed by atoms with E-state index in [0.717, 1.165) is 10.1 Å². The van der Waals surface area contributed by atoms with Crippen LogP contribution in [0.1, 0.15) is 11.1 Å². The van der Waals surface area contributed by atoms with Crippen molar-refractivity contribution >= 4 is 45.3 Å². The van der Waals surface area contributed by atoms with Crippen LogP contribution in [-0.2, 0) is 17.9 Å². The number of rotatable bonds is 5. The van der Waals surface area contributed by atoms with Crippen LogP contribution in [0.15, 0.2) is 74.7 Å². The van der Waals surface area contributed by atoms with Gasteiger partial charge in [0.05, 0.1) is 6.54 Å². The smallest absolute Gasteiger partial charge is 0.332 e. The van der Waals surface area contributed by atoms with Crippen LogP contribution in [0.25, 0.3) is 22.1 Å². The van der Waals surface area contributed by atoms with Gasteiger partial charge < -0.3 is 19.2 Å². The number of amides is 1. The molecule has 0 unspecified atom stereocenters. The molecule has 1 amide bonds. The molecule has 0 saturated carbocycles. The highest BCUT2D eigenvalue weighted by Gasteiger charge is 2.22. The first-order valence-corrected chi connectivity index (χ1v) is 11.9. The third kappa shape index (κ3) is 4.03. The Morgan fingerprint density at radius 2 is 1.81 bits per heavy atom. The standard InChI is InChI=1S/C27H20ClN3O6/c1-15-6-8-17(28)11-19(15)29-23(32)13-30-24-18-4-2-3-5-20(18)37-25(24)26(33)31(27(30)34)12-16-7-9-21-22(10-16)36-14-35-21/h2-11H,12-14H2,1H3,(H,29,32). The van der Waals surface area contributed by atoms with Gasteiger partial charge in [0.25, 0.3) is 5.56 Å². The number of aryl methyl sites for hydroxylation is 1. The molecule has 2 aromatic heterocycles. The average molecular weight is 518 g/mol. The number of ether oxygens (including phenoxy) is 2. The van der Waals surface area contributed by atoms with Gasteiger partial charge in [-0.15, -0.1) is 0 Å². The zero-order chi connectivity index (χ0) is 25.7. The molecule has 6 rings (SSSR count). The van der Waals surface area contributed by atoms with Crippen molar-refractivity contribution in [1.29, 1.82) is 0 Å². The molecule has 9 nitrogen and oxygen atoms in total. The van der Waals surface area contributed by atoms with Crippen LogP contribution < -0.4 is 26.0 Å². The molecule has 0 saturated heterocycles. The quantitative estimate of drug-likeness (QED) is 0.373. The molecule has 0 fully saturated rings. The highest BCUT2D eigenvalue weighted by molar-refractivity contribution is 6.31. The molecule has 5 aromatic rings. The second kappa shape index (κ2) is 8.86. The summed E-state index contributed by atoms with van der Waals surface area (Å²) in [6, 6.07) is 17.4. The van der Waals surface area contributed by atoms with Gasteiger partial charge >= 0.3 is 5.69 Å². The van der Waals surface area contributed by atoms with Crippen molar-refractivity contribution in [2.24, 2.45) is 0 Å². The number of halogens is 1. The van der Waals surface area contributed by atoms with Crippen molar-refractivity contribution < 1.29 is 18.7 Å². The highest BCUT2D eigenvalue weighted by Crippen LogP contribution is 2.32. The van der Waals surface area contributed by atoms with Crippen molar-refractivity contribution in [2.75, 3.05) is 12.1 Å². The lowest BCUT2D eigenvalue weighted by Crippen LogP contribution is -2.41. The van der Waals surface area contributed by atoms with Gasteiger partial charge in [0.15, 0.2) is 11.5 Å². The van der Waals surface area contributed by atoms with Crippen LogP contribution >= 0.6 is 11.6 Å². The molecule has 1 N–H and O–H groups in total. The molecule has 0 aliphatic carbocycles. The SMILES string of the molecule is Cc1ccc(Cl)cc1NC(=O)Cn1c(=O)n(Cc2ccc3c(c2)OCO3)c(=O)c2oc3ccccc3c21. The van der Waals surface area contributed by atoms with Crippen molar-refractivity contribution in [3.8, 4) is 11.5 Å². The molecule has 10 heteroatoms. The minimum Gasteiger partial charge on any atom is -0.454 e. The van der Waals surface area contributed by atoms with Crippen LogP contribution in [0, 0.1) is 6.92 Å². The van der Waals surface area contributed by atoms with Gasteiger partial charge in [0.1, 0.15) is 17.6 Å². The third-order valence-corrected chi connectivity index (χ3v) is 6.53. The molecule has 0 atom stereocenters. The maximum absolute atomic E-state index is 13.7. The molecule has 3 heterocycles. The fourth-order valence-electron chi connectivity index (χ4n) is 4.47. The largest absolute Gasteiger partial charge is 0.454 e. The molecular weight excluding hydrogens is 498 g/mol. The topological polar surface area (TPSA) is 105 Å². The van der Waals surface area contributed by atoms with E-state index in [1.54, 1.807) is 60.7 Å². The van der Waals surface area contributed by atoms with Crippen LogP contribution in [0.4, 0.5) is 5.69 Å². The molecule has 0 spiro atoms. The maximum atomic E-state index is 13.7. The van der Waals surface area contributed by atoms with Gasteiger partial charge in [-0.3, -0.25) is 18.7 Å². The summed E-state index contributed by atoms with van der Waals surface area (Å²) in [6.45, 7) is 1.56. The summed E-state index contributed by atoms with van der Waals surface area (Å²) in [7, 11) is 0. The van der Waals surface area contributed by atoms with E-state index in [1.807, 2.05) is 6.92 Å². The number of benzene rings is 3. The second-order valence-electron chi connectivity index (χ2n) is 8.73. The molecule has 1 aliphatic heterocycles. The van der Waals surface area contributed by atoms with E-state index in [2.05, 4.69) is 5.32 Å². The lowest BCUT2D eigenvalue weighted by molar-refractivity contribution is -0.116. The number of para-hydroxylation sites is 1. The lowest BCUT2D eigenvalue weighted by atomic mass is 10.2. The van der Waals surface area contributed by atoms with Gasteiger partial charge in [0.2, 0.25) is 18.3 Å². The Labute approximate surface area is 214 Å². The van der Waals surface area contributed by atoms with Crippen molar-refractivity contribution in [1.82, 2.24) is 9.13 Å². The second-order valence-corrected chi connectivity index (χ2v) is 9.17. The van der Waals surface area contributed by atoms with Crippen molar-refractivity contribution in [3.63, 3.8) is 0 Å². The fraction of sp³-hybridized carbons (Fsp3) is 0.148. The first kappa shape index (κ1) is 22.9. The lowest BCUT2D eigenvalue weighted by Gasteiger charge is -2.13. The molecule has 0 radical (unpaired) electrons. The number of furan rings is 1. The summed E-state index contributed by atoms with van der Waals surface area (Å²) in [5.74, 6) is 0.675. The van der Waals surface area contributed by atoms with Gasteiger partial charge in [-0.25, -0.2) is 4.79 Å². The summed E-state index contributed by atoms with van der Waals surface area (Å²) in [5.41, 5.74) is 1.48. The number of carbonyl (C=O) groups is 1. The Bertz CT molecular complexity index is 1830. The summed E-state index contributed by atoms with van der Waals surface area (Å²) in [6.07, 6.45) is 0. The van der Waals surface area contributed by atoms with E-state index < -0.39 is 17.2 Å². The Morgan fingerprint density at radius 1 is 1.00 bits per heavy atom. The number of anilines is 1. The monoisotopic (exact) mass is 517 g/mol. The van der Waals surface area contributed by atoms with Crippen LogP contribution in [0.5, 0.6) is 11.5 Å². The maximum Gasteiger partial charge on any atom is 0.332 e. The molecule has 37 heavy (non-hydrogen) atoms. The first-order valence-electron chi connectivity index (χ1n) is 11.5. The van der Waals surface area contributed by atoms with E-state index in [9.17, 15) is 14.4 Å². The Balaban J connectivity index is 1.47. The fourth-order valence-corrected chi connectivity index (χ4v) is 4.64. The number of nitrogens with zero attached hydrogens (tertiary/aromatic N) is 2. The highest BCUT2D eigenvalue weighted by atomic mass is 35.5. The Hall–Kier alpha value is -4.50. The predicted molar refractivity (Wildman–Crippen MR) is 139 cm³/mol. The number of aromatic nitrogens is 2. The van der Waals surface area contributed by atoms with Gasteiger partial charge in [-0.2, -0.15) is 0 Å². The summed E-state index contributed by atoms with van der Waals surface area (Å²) >= 11 is 6.09. The summed E-state index contributed by atoms with van der Waals surface area (Å²) < 4.78 is 19.0. The zero-order valence-corrected chi connectivity index (χ0v) is 20.4.